The number of rotatable bonds is 14. The maximum atomic E-state index is 13.8. The number of allylic oxidation sites excluding steroid dienone is 2. The number of nitrogens with one attached hydrogen (secondary N) is 2. The third-order valence-corrected chi connectivity index (χ3v) is 10.9. The molecule has 0 spiro atoms. The number of esters is 1. The van der Waals surface area contributed by atoms with Crippen LogP contribution < -0.4 is 10.6 Å². The second-order valence-corrected chi connectivity index (χ2v) is 18.4. The lowest BCUT2D eigenvalue weighted by atomic mass is 9.74. The minimum absolute atomic E-state index is 0.141. The summed E-state index contributed by atoms with van der Waals surface area (Å²) in [6.07, 6.45) is 5.01. The zero-order valence-electron chi connectivity index (χ0n) is 34.7. The number of amidine groups is 1. The smallest absolute Gasteiger partial charge is 0.413 e. The fraction of sp³-hybridized carbons (Fsp3) is 0.732. The van der Waals surface area contributed by atoms with Crippen molar-refractivity contribution in [2.45, 2.75) is 147 Å². The summed E-state index contributed by atoms with van der Waals surface area (Å²) in [5.74, 6) is 0.712. The van der Waals surface area contributed by atoms with Gasteiger partial charge >= 0.3 is 18.0 Å². The first kappa shape index (κ1) is 44.9. The van der Waals surface area contributed by atoms with Crippen molar-refractivity contribution in [3.05, 3.63) is 34.2 Å². The molecule has 294 valence electrons. The molecule has 0 radical (unpaired) electrons. The third-order valence-electron chi connectivity index (χ3n) is 10.1. The van der Waals surface area contributed by atoms with E-state index in [1.54, 1.807) is 60.8 Å². The molecule has 6 atom stereocenters. The number of ether oxygens (including phenoxy) is 2. The van der Waals surface area contributed by atoms with Crippen molar-refractivity contribution in [1.82, 2.24) is 10.3 Å². The molecule has 0 aliphatic heterocycles. The van der Waals surface area contributed by atoms with Crippen molar-refractivity contribution in [2.24, 2.45) is 52.0 Å². The average Bonchev–Trinajstić information content (AvgIpc) is 3.42. The van der Waals surface area contributed by atoms with Gasteiger partial charge in [-0.1, -0.05) is 71.3 Å². The van der Waals surface area contributed by atoms with Crippen molar-refractivity contribution in [2.75, 3.05) is 5.32 Å². The standard InChI is InChI=1S/C41H68N4O6S/c1-17-28(20-24(4)5)30-21-25(6)26(7)34(27(8)29(30)18-2)35(42-22-33-43-32(23-52-33)44-38(48)50-40(12,13)14)45-51-36(46)31(19-3)41(15,16)37(47)49-39(9,10)11/h18,23-26,28,30-31,34H,2,17,19-22H2,1,3-16H3,(H,42,45)(H,44,48)/t25?,26?,28?,30-,31?,34+/m1/s1. The van der Waals surface area contributed by atoms with E-state index >= 15 is 0 Å². The molecular formula is C41H68N4O6S. The van der Waals surface area contributed by atoms with Gasteiger partial charge in [0.05, 0.1) is 17.9 Å². The molecule has 1 amide bonds. The average molecular weight is 745 g/mol. The number of aromatic nitrogens is 1. The fourth-order valence-electron chi connectivity index (χ4n) is 7.27. The van der Waals surface area contributed by atoms with E-state index in [9.17, 15) is 14.4 Å². The Balaban J connectivity index is 2.59. The summed E-state index contributed by atoms with van der Waals surface area (Å²) in [7, 11) is 0. The van der Waals surface area contributed by atoms with Gasteiger partial charge in [-0.25, -0.2) is 14.6 Å². The highest BCUT2D eigenvalue weighted by Gasteiger charge is 2.45. The maximum Gasteiger partial charge on any atom is 0.413 e. The molecule has 1 aliphatic carbocycles. The molecule has 1 heterocycles. The number of amides is 1. The van der Waals surface area contributed by atoms with Gasteiger partial charge in [0.1, 0.15) is 22.0 Å². The summed E-state index contributed by atoms with van der Waals surface area (Å²) in [5, 5.41) is 13.2. The quantitative estimate of drug-likeness (QED) is 0.0633. The Labute approximate surface area is 318 Å². The predicted molar refractivity (Wildman–Crippen MR) is 212 cm³/mol. The van der Waals surface area contributed by atoms with Crippen molar-refractivity contribution >= 4 is 41.0 Å². The van der Waals surface area contributed by atoms with E-state index < -0.39 is 40.6 Å². The van der Waals surface area contributed by atoms with E-state index in [0.717, 1.165) is 24.8 Å². The van der Waals surface area contributed by atoms with Gasteiger partial charge in [0, 0.05) is 11.3 Å². The number of nitrogens with zero attached hydrogens (tertiary/aromatic N) is 2. The minimum atomic E-state index is -1.14. The lowest BCUT2D eigenvalue weighted by Crippen LogP contribution is -2.42. The van der Waals surface area contributed by atoms with Crippen molar-refractivity contribution < 1.29 is 28.7 Å². The number of thiazole rings is 1. The molecule has 0 saturated carbocycles. The highest BCUT2D eigenvalue weighted by atomic mass is 32.1. The molecule has 1 aromatic rings. The second kappa shape index (κ2) is 18.7. The first-order chi connectivity index (χ1) is 23.9. The van der Waals surface area contributed by atoms with Crippen LogP contribution in [0.3, 0.4) is 0 Å². The van der Waals surface area contributed by atoms with Gasteiger partial charge in [-0.15, -0.1) is 11.3 Å². The molecule has 11 heteroatoms. The first-order valence-electron chi connectivity index (χ1n) is 19.0. The summed E-state index contributed by atoms with van der Waals surface area (Å²) in [4.78, 5) is 49.8. The molecule has 4 unspecified atom stereocenters. The van der Waals surface area contributed by atoms with Gasteiger partial charge in [-0.3, -0.25) is 10.1 Å². The zero-order valence-corrected chi connectivity index (χ0v) is 35.5. The lowest BCUT2D eigenvalue weighted by Gasteiger charge is -2.32. The van der Waals surface area contributed by atoms with E-state index in [4.69, 9.17) is 14.3 Å². The number of hydrogen-bond donors (Lipinski definition) is 2. The van der Waals surface area contributed by atoms with Crippen LogP contribution in [0.15, 0.2) is 34.3 Å². The fourth-order valence-corrected chi connectivity index (χ4v) is 7.94. The summed E-state index contributed by atoms with van der Waals surface area (Å²) >= 11 is 1.38. The molecule has 0 saturated heterocycles. The number of carbonyl (C=O) groups excluding carboxylic acids is 3. The molecule has 0 fully saturated rings. The molecule has 1 aromatic heterocycles. The van der Waals surface area contributed by atoms with Crippen LogP contribution in [-0.2, 0) is 30.4 Å². The van der Waals surface area contributed by atoms with Gasteiger partial charge in [0.25, 0.3) is 0 Å². The Bertz CT molecular complexity index is 1450. The van der Waals surface area contributed by atoms with Crippen molar-refractivity contribution in [3.8, 4) is 0 Å². The molecular weight excluding hydrogens is 677 g/mol. The van der Waals surface area contributed by atoms with E-state index in [1.165, 1.54) is 16.9 Å². The molecule has 1 aliphatic rings. The largest absolute Gasteiger partial charge is 0.460 e. The molecule has 2 rings (SSSR count). The number of carbonyl (C=O) groups is 3. The lowest BCUT2D eigenvalue weighted by molar-refractivity contribution is -0.176. The zero-order chi connectivity index (χ0) is 39.8. The van der Waals surface area contributed by atoms with E-state index in [0.29, 0.717) is 46.8 Å². The number of anilines is 1. The molecule has 10 nitrogen and oxygen atoms in total. The number of hydrogen-bond acceptors (Lipinski definition) is 9. The van der Waals surface area contributed by atoms with Crippen LogP contribution >= 0.6 is 11.3 Å². The van der Waals surface area contributed by atoms with Crippen LogP contribution in [0, 0.1) is 46.8 Å². The summed E-state index contributed by atoms with van der Waals surface area (Å²) < 4.78 is 11.1. The second-order valence-electron chi connectivity index (χ2n) is 17.5. The highest BCUT2D eigenvalue weighted by Crippen LogP contribution is 2.45. The van der Waals surface area contributed by atoms with Crippen molar-refractivity contribution in [1.29, 1.82) is 0 Å². The molecule has 52 heavy (non-hydrogen) atoms. The Hall–Kier alpha value is -3.21. The predicted octanol–water partition coefficient (Wildman–Crippen LogP) is 10.3. The van der Waals surface area contributed by atoms with Crippen LogP contribution in [0.25, 0.3) is 0 Å². The molecule has 2 N–H and O–H groups in total. The van der Waals surface area contributed by atoms with Crippen LogP contribution in [0.5, 0.6) is 0 Å². The normalized spacial score (nSPS) is 21.6. The van der Waals surface area contributed by atoms with Crippen LogP contribution in [-0.4, -0.2) is 40.1 Å². The number of oxime groups is 1. The van der Waals surface area contributed by atoms with Gasteiger partial charge < -0.3 is 19.6 Å². The van der Waals surface area contributed by atoms with Gasteiger partial charge in [-0.2, -0.15) is 0 Å². The van der Waals surface area contributed by atoms with E-state index in [2.05, 4.69) is 68.9 Å². The summed E-state index contributed by atoms with van der Waals surface area (Å²) in [6.45, 7) is 34.2. The molecule has 0 bridgehead atoms. The topological polar surface area (TPSA) is 128 Å². The SMILES string of the molecule is C=CC1=C(C)[C@@H](/C(=N/OC(=O)C(CC)C(C)(C)C(=O)OC(C)(C)C)NCc2nc(NC(=O)OC(C)(C)C)cs2)C(C)C(C)C[C@@H]1C(CC)CC(C)C. The molecule has 0 aromatic carbocycles. The first-order valence-corrected chi connectivity index (χ1v) is 19.9. The Morgan fingerprint density at radius 3 is 2.17 bits per heavy atom. The van der Waals surface area contributed by atoms with Crippen LogP contribution in [0.1, 0.15) is 135 Å². The third kappa shape index (κ3) is 12.7. The van der Waals surface area contributed by atoms with Gasteiger partial charge in [-0.05, 0) is 117 Å². The van der Waals surface area contributed by atoms with Crippen LogP contribution in [0.2, 0.25) is 0 Å². The minimum Gasteiger partial charge on any atom is -0.460 e. The Morgan fingerprint density at radius 2 is 1.65 bits per heavy atom. The summed E-state index contributed by atoms with van der Waals surface area (Å²) in [5.41, 5.74) is -0.111. The van der Waals surface area contributed by atoms with E-state index in [1.807, 2.05) is 13.0 Å². The van der Waals surface area contributed by atoms with Crippen molar-refractivity contribution in [3.63, 3.8) is 0 Å². The van der Waals surface area contributed by atoms with Crippen LogP contribution in [0.4, 0.5) is 10.6 Å². The monoisotopic (exact) mass is 744 g/mol. The maximum absolute atomic E-state index is 13.8. The van der Waals surface area contributed by atoms with Gasteiger partial charge in [0.15, 0.2) is 5.84 Å². The van der Waals surface area contributed by atoms with Gasteiger partial charge in [0.2, 0.25) is 0 Å². The Kier molecular flexibility index (Phi) is 16.2. The Morgan fingerprint density at radius 1 is 1.04 bits per heavy atom. The van der Waals surface area contributed by atoms with E-state index in [-0.39, 0.29) is 18.4 Å². The summed E-state index contributed by atoms with van der Waals surface area (Å²) in [6, 6.07) is 0. The highest BCUT2D eigenvalue weighted by molar-refractivity contribution is 7.10.